The van der Waals surface area contributed by atoms with E-state index in [1.807, 2.05) is 34.6 Å². The first-order valence-electron chi connectivity index (χ1n) is 12.6. The largest absolute Gasteiger partial charge is 0.489 e. The Hall–Kier alpha value is -3.45. The van der Waals surface area contributed by atoms with Gasteiger partial charge >= 0.3 is 11.7 Å². The maximum absolute atomic E-state index is 12.1. The molecule has 0 aliphatic rings. The fourth-order valence-electron chi connectivity index (χ4n) is 3.29. The summed E-state index contributed by atoms with van der Waals surface area (Å²) >= 11 is 19.3. The normalized spacial score (nSPS) is 11.1. The van der Waals surface area contributed by atoms with E-state index in [0.717, 1.165) is 16.4 Å². The van der Waals surface area contributed by atoms with E-state index in [4.69, 9.17) is 53.4 Å². The molecule has 2 heterocycles. The molecule has 230 valence electrons. The van der Waals surface area contributed by atoms with Gasteiger partial charge in [0.15, 0.2) is 5.16 Å². The topological polar surface area (TPSA) is 139 Å². The highest BCUT2D eigenvalue weighted by atomic mass is 35.5. The highest BCUT2D eigenvalue weighted by Crippen LogP contribution is 2.35. The number of carbonyl (C=O) groups is 1. The van der Waals surface area contributed by atoms with Crippen LogP contribution in [0.4, 0.5) is 0 Å². The van der Waals surface area contributed by atoms with Gasteiger partial charge in [0.05, 0.1) is 52.7 Å². The van der Waals surface area contributed by atoms with Crippen LogP contribution in [-0.2, 0) is 5.41 Å². The molecule has 0 saturated heterocycles. The summed E-state index contributed by atoms with van der Waals surface area (Å²) in [7, 11) is 2.94. The maximum Gasteiger partial charge on any atom is 0.442 e. The Morgan fingerprint density at radius 3 is 2.14 bits per heavy atom. The number of aromatic carboxylic acids is 1. The Labute approximate surface area is 267 Å². The van der Waals surface area contributed by atoms with Gasteiger partial charge in [0.2, 0.25) is 17.7 Å². The second-order valence-electron chi connectivity index (χ2n) is 9.99. The lowest BCUT2D eigenvalue weighted by molar-refractivity contribution is 0.0693. The van der Waals surface area contributed by atoms with Crippen LogP contribution in [-0.4, -0.2) is 51.1 Å². The number of aromatic nitrogens is 4. The Balaban J connectivity index is 0.000000236. The average Bonchev–Trinajstić information content (AvgIpc) is 3.32. The van der Waals surface area contributed by atoms with E-state index >= 15 is 0 Å². The maximum atomic E-state index is 12.1. The molecule has 0 amide bonds. The van der Waals surface area contributed by atoms with Gasteiger partial charge in [-0.1, -0.05) is 61.6 Å². The van der Waals surface area contributed by atoms with Gasteiger partial charge in [-0.25, -0.2) is 9.59 Å². The van der Waals surface area contributed by atoms with E-state index < -0.39 is 11.7 Å². The van der Waals surface area contributed by atoms with Crippen molar-refractivity contribution >= 4 is 52.5 Å². The van der Waals surface area contributed by atoms with Gasteiger partial charge in [0, 0.05) is 16.4 Å². The van der Waals surface area contributed by atoms with Crippen LogP contribution in [0.3, 0.4) is 0 Å². The van der Waals surface area contributed by atoms with Crippen LogP contribution in [0.2, 0.25) is 15.1 Å². The minimum Gasteiger partial charge on any atom is -0.489 e. The molecule has 11 nitrogen and oxygen atoms in total. The van der Waals surface area contributed by atoms with Crippen molar-refractivity contribution in [3.8, 4) is 23.2 Å². The van der Waals surface area contributed by atoms with Gasteiger partial charge in [0.1, 0.15) is 5.75 Å². The van der Waals surface area contributed by atoms with E-state index in [0.29, 0.717) is 44.2 Å². The number of benzene rings is 2. The number of hydrogen-bond donors (Lipinski definition) is 1. The van der Waals surface area contributed by atoms with Gasteiger partial charge in [-0.05, 0) is 43.8 Å². The molecule has 2 aromatic heterocycles. The van der Waals surface area contributed by atoms with Crippen molar-refractivity contribution < 1.29 is 28.5 Å². The molecule has 0 aliphatic carbocycles. The number of carboxylic acids is 1. The number of hydrogen-bond acceptors (Lipinski definition) is 10. The molecule has 0 saturated carbocycles. The van der Waals surface area contributed by atoms with Gasteiger partial charge in [-0.2, -0.15) is 14.6 Å². The molecule has 0 spiro atoms. The van der Waals surface area contributed by atoms with E-state index in [9.17, 15) is 14.7 Å². The minimum atomic E-state index is -1.11. The molecule has 0 aliphatic heterocycles. The molecule has 0 atom stereocenters. The number of carboxylic acid groups (broad SMARTS) is 1. The van der Waals surface area contributed by atoms with Crippen molar-refractivity contribution in [3.63, 3.8) is 0 Å². The van der Waals surface area contributed by atoms with E-state index in [1.165, 1.54) is 32.4 Å². The van der Waals surface area contributed by atoms with Crippen molar-refractivity contribution in [2.75, 3.05) is 14.2 Å². The molecule has 0 radical (unpaired) electrons. The molecule has 4 aromatic rings. The molecule has 15 heteroatoms. The van der Waals surface area contributed by atoms with Crippen molar-refractivity contribution in [2.45, 2.75) is 56.2 Å². The molecule has 0 fully saturated rings. The number of methoxy groups -OCH3 is 2. The van der Waals surface area contributed by atoms with Crippen LogP contribution in [0.25, 0.3) is 5.69 Å². The summed E-state index contributed by atoms with van der Waals surface area (Å²) in [6.45, 7) is 9.47. The quantitative estimate of drug-likeness (QED) is 0.190. The van der Waals surface area contributed by atoms with Crippen molar-refractivity contribution in [2.24, 2.45) is 0 Å². The van der Waals surface area contributed by atoms with Gasteiger partial charge in [-0.15, -0.1) is 5.10 Å². The summed E-state index contributed by atoms with van der Waals surface area (Å²) in [6, 6.07) is 9.45. The van der Waals surface area contributed by atoms with Crippen LogP contribution < -0.4 is 20.0 Å². The third kappa shape index (κ3) is 8.79. The second-order valence-corrected chi connectivity index (χ2v) is 12.2. The van der Waals surface area contributed by atoms with E-state index in [2.05, 4.69) is 15.1 Å². The zero-order chi connectivity index (χ0) is 32.1. The molecule has 4 rings (SSSR count). The highest BCUT2D eigenvalue weighted by molar-refractivity contribution is 7.99. The molecule has 0 unspecified atom stereocenters. The molecule has 2 aromatic carbocycles. The summed E-state index contributed by atoms with van der Waals surface area (Å²) in [5.41, 5.74) is -0.0128. The standard InChI is InChI=1S/C15H18Cl2N2O3.C13H11ClN2O4S/c1-8(2)21-12-7-11(9(16)6-10(12)17)19-14(20)22-13(18-19)15(3,4)5;1-19-9-6-10(20-2)16-13(15-9)21-8-5-3-4-7(14)11(8)12(17)18/h6-8H,1-5H3;3-6H,1-2H3,(H,17,18). The predicted octanol–water partition coefficient (Wildman–Crippen LogP) is 7.21. The monoisotopic (exact) mass is 670 g/mol. The Bertz CT molecular complexity index is 1650. The Morgan fingerprint density at radius 1 is 1.00 bits per heavy atom. The highest BCUT2D eigenvalue weighted by Gasteiger charge is 2.24. The summed E-state index contributed by atoms with van der Waals surface area (Å²) in [5, 5.41) is 14.6. The summed E-state index contributed by atoms with van der Waals surface area (Å²) in [4.78, 5) is 32.1. The van der Waals surface area contributed by atoms with E-state index in [1.54, 1.807) is 18.2 Å². The average molecular weight is 672 g/mol. The zero-order valence-corrected chi connectivity index (χ0v) is 27.4. The van der Waals surface area contributed by atoms with Crippen molar-refractivity contribution in [3.05, 3.63) is 73.5 Å². The van der Waals surface area contributed by atoms with Crippen LogP contribution in [0.15, 0.2) is 55.7 Å². The van der Waals surface area contributed by atoms with E-state index in [-0.39, 0.29) is 27.1 Å². The number of ether oxygens (including phenoxy) is 3. The Morgan fingerprint density at radius 2 is 1.63 bits per heavy atom. The van der Waals surface area contributed by atoms with Gasteiger partial charge in [-0.3, -0.25) is 0 Å². The van der Waals surface area contributed by atoms with Crippen molar-refractivity contribution in [1.82, 2.24) is 19.7 Å². The summed E-state index contributed by atoms with van der Waals surface area (Å²) in [6.07, 6.45) is -0.0642. The van der Waals surface area contributed by atoms with Gasteiger partial charge in [0.25, 0.3) is 0 Å². The van der Waals surface area contributed by atoms with Gasteiger partial charge < -0.3 is 23.7 Å². The predicted molar refractivity (Wildman–Crippen MR) is 164 cm³/mol. The van der Waals surface area contributed by atoms with Crippen LogP contribution in [0, 0.1) is 0 Å². The Kier molecular flexibility index (Phi) is 11.4. The molecule has 0 bridgehead atoms. The molecular formula is C28H29Cl3N4O7S. The first-order valence-corrected chi connectivity index (χ1v) is 14.5. The lowest BCUT2D eigenvalue weighted by Crippen LogP contribution is -2.15. The first-order chi connectivity index (χ1) is 20.1. The van der Waals surface area contributed by atoms with Crippen LogP contribution >= 0.6 is 46.6 Å². The van der Waals surface area contributed by atoms with Crippen molar-refractivity contribution in [1.29, 1.82) is 0 Å². The number of rotatable bonds is 8. The third-order valence-electron chi connectivity index (χ3n) is 5.25. The lowest BCUT2D eigenvalue weighted by Gasteiger charge is -2.13. The summed E-state index contributed by atoms with van der Waals surface area (Å²) < 4.78 is 22.0. The summed E-state index contributed by atoms with van der Waals surface area (Å²) in [5.74, 6) is -0.313. The molecular weight excluding hydrogens is 643 g/mol. The fraction of sp³-hybridized carbons (Fsp3) is 0.321. The first kappa shape index (κ1) is 34.0. The molecule has 43 heavy (non-hydrogen) atoms. The van der Waals surface area contributed by atoms with Crippen LogP contribution in [0.5, 0.6) is 17.5 Å². The number of nitrogens with zero attached hydrogens (tertiary/aromatic N) is 4. The second kappa shape index (κ2) is 14.3. The fourth-order valence-corrected chi connectivity index (χ4v) is 5.03. The SMILES string of the molecule is CC(C)Oc1cc(-n2nc(C(C)(C)C)oc2=O)c(Cl)cc1Cl.COc1cc(OC)nc(Sc2cccc(Cl)c2C(=O)O)n1. The third-order valence-corrected chi connectivity index (χ3v) is 7.09. The zero-order valence-electron chi connectivity index (χ0n) is 24.3. The van der Waals surface area contributed by atoms with Crippen LogP contribution in [0.1, 0.15) is 50.9 Å². The number of halogens is 3. The minimum absolute atomic E-state index is 0.00885. The smallest absolute Gasteiger partial charge is 0.442 e. The lowest BCUT2D eigenvalue weighted by atomic mass is 9.97. The molecule has 1 N–H and O–H groups in total.